The lowest BCUT2D eigenvalue weighted by molar-refractivity contribution is -0.121. The molecule has 1 saturated heterocycles. The molecule has 0 aromatic heterocycles. The van der Waals surface area contributed by atoms with Crippen molar-refractivity contribution in [3.8, 4) is 17.2 Å². The Labute approximate surface area is 199 Å². The van der Waals surface area contributed by atoms with E-state index >= 15 is 0 Å². The van der Waals surface area contributed by atoms with Crippen molar-refractivity contribution in [2.45, 2.75) is 17.7 Å². The van der Waals surface area contributed by atoms with Crippen LogP contribution in [0.3, 0.4) is 0 Å². The lowest BCUT2D eigenvalue weighted by atomic mass is 10.1. The number of nitrogens with one attached hydrogen (secondary N) is 1. The maximum Gasteiger partial charge on any atom is 0.243 e. The van der Waals surface area contributed by atoms with E-state index in [1.165, 1.54) is 31.8 Å². The highest BCUT2D eigenvalue weighted by Crippen LogP contribution is 2.33. The highest BCUT2D eigenvalue weighted by molar-refractivity contribution is 7.89. The normalized spacial score (nSPS) is 14.7. The Morgan fingerprint density at radius 2 is 1.65 bits per heavy atom. The Kier molecular flexibility index (Phi) is 8.85. The molecule has 0 radical (unpaired) electrons. The number of hydrazone groups is 1. The second kappa shape index (κ2) is 11.8. The number of hydrogen-bond acceptors (Lipinski definition) is 8. The van der Waals surface area contributed by atoms with Crippen molar-refractivity contribution < 1.29 is 32.2 Å². The summed E-state index contributed by atoms with van der Waals surface area (Å²) in [7, 11) is 1.04. The number of morpholine rings is 1. The summed E-state index contributed by atoms with van der Waals surface area (Å²) in [5, 5.41) is 4.00. The fourth-order valence-corrected chi connectivity index (χ4v) is 4.81. The number of carbonyl (C=O) groups is 1. The first kappa shape index (κ1) is 25.5. The summed E-state index contributed by atoms with van der Waals surface area (Å²) in [6.07, 6.45) is 2.10. The van der Waals surface area contributed by atoms with Gasteiger partial charge in [0.25, 0.3) is 0 Å². The predicted molar refractivity (Wildman–Crippen MR) is 126 cm³/mol. The molecule has 1 N–H and O–H groups in total. The molecule has 1 fully saturated rings. The number of rotatable bonds is 10. The van der Waals surface area contributed by atoms with Crippen molar-refractivity contribution in [3.63, 3.8) is 0 Å². The Hall–Kier alpha value is -3.15. The first-order chi connectivity index (χ1) is 16.4. The van der Waals surface area contributed by atoms with Crippen LogP contribution >= 0.6 is 0 Å². The molecule has 10 nitrogen and oxygen atoms in total. The molecule has 1 heterocycles. The van der Waals surface area contributed by atoms with Gasteiger partial charge in [-0.15, -0.1) is 0 Å². The molecule has 0 spiro atoms. The SMILES string of the molecule is COc1cc(OC)c(OC)cc1/C=N/NC(=O)CCc1ccc(S(=O)(=O)N2CCOCC2)cc1. The fraction of sp³-hybridized carbons (Fsp3) is 0.391. The molecule has 1 aliphatic heterocycles. The summed E-state index contributed by atoms with van der Waals surface area (Å²) in [5.74, 6) is 1.27. The van der Waals surface area contributed by atoms with Gasteiger partial charge in [0.05, 0.1) is 45.7 Å². The van der Waals surface area contributed by atoms with Gasteiger partial charge >= 0.3 is 0 Å². The Bertz CT molecular complexity index is 1110. The summed E-state index contributed by atoms with van der Waals surface area (Å²) >= 11 is 0. The van der Waals surface area contributed by atoms with Gasteiger partial charge in [-0.1, -0.05) is 12.1 Å². The maximum absolute atomic E-state index is 12.7. The van der Waals surface area contributed by atoms with E-state index in [1.54, 1.807) is 36.4 Å². The monoisotopic (exact) mass is 491 g/mol. The number of nitrogens with zero attached hydrogens (tertiary/aromatic N) is 2. The van der Waals surface area contributed by atoms with Crippen molar-refractivity contribution in [2.75, 3.05) is 47.6 Å². The number of methoxy groups -OCH3 is 3. The van der Waals surface area contributed by atoms with Crippen molar-refractivity contribution >= 4 is 22.1 Å². The van der Waals surface area contributed by atoms with Crippen LogP contribution in [0.5, 0.6) is 17.2 Å². The number of hydrogen-bond donors (Lipinski definition) is 1. The zero-order valence-electron chi connectivity index (χ0n) is 19.4. The van der Waals surface area contributed by atoms with Crippen LogP contribution in [0.2, 0.25) is 0 Å². The number of ether oxygens (including phenoxy) is 4. The van der Waals surface area contributed by atoms with Crippen molar-refractivity contribution in [3.05, 3.63) is 47.5 Å². The van der Waals surface area contributed by atoms with Gasteiger partial charge in [0.1, 0.15) is 5.75 Å². The largest absolute Gasteiger partial charge is 0.496 e. The zero-order chi connectivity index (χ0) is 24.6. The van der Waals surface area contributed by atoms with Crippen LogP contribution < -0.4 is 19.6 Å². The molecule has 34 heavy (non-hydrogen) atoms. The Morgan fingerprint density at radius 3 is 2.26 bits per heavy atom. The average Bonchev–Trinajstić information content (AvgIpc) is 2.87. The average molecular weight is 492 g/mol. The number of benzene rings is 2. The van der Waals surface area contributed by atoms with E-state index in [1.807, 2.05) is 0 Å². The van der Waals surface area contributed by atoms with E-state index < -0.39 is 10.0 Å². The van der Waals surface area contributed by atoms with Gasteiger partial charge in [0.2, 0.25) is 15.9 Å². The van der Waals surface area contributed by atoms with Crippen molar-refractivity contribution in [1.82, 2.24) is 9.73 Å². The second-order valence-corrected chi connectivity index (χ2v) is 9.34. The van der Waals surface area contributed by atoms with Crippen LogP contribution in [0.4, 0.5) is 0 Å². The van der Waals surface area contributed by atoms with Gasteiger partial charge in [0, 0.05) is 31.1 Å². The lowest BCUT2D eigenvalue weighted by Crippen LogP contribution is -2.40. The maximum atomic E-state index is 12.7. The molecule has 0 aliphatic carbocycles. The summed E-state index contributed by atoms with van der Waals surface area (Å²) in [5.41, 5.74) is 3.94. The third-order valence-corrected chi connectivity index (χ3v) is 7.21. The van der Waals surface area contributed by atoms with Crippen LogP contribution in [0.15, 0.2) is 46.4 Å². The van der Waals surface area contributed by atoms with Gasteiger partial charge in [-0.25, -0.2) is 13.8 Å². The van der Waals surface area contributed by atoms with E-state index in [4.69, 9.17) is 18.9 Å². The zero-order valence-corrected chi connectivity index (χ0v) is 20.3. The minimum absolute atomic E-state index is 0.190. The Balaban J connectivity index is 1.55. The van der Waals surface area contributed by atoms with Crippen molar-refractivity contribution in [1.29, 1.82) is 0 Å². The molecule has 184 valence electrons. The number of sulfonamides is 1. The summed E-state index contributed by atoms with van der Waals surface area (Å²) < 4.78 is 47.9. The molecule has 0 saturated carbocycles. The molecule has 0 bridgehead atoms. The first-order valence-corrected chi connectivity index (χ1v) is 12.1. The fourth-order valence-electron chi connectivity index (χ4n) is 3.41. The van der Waals surface area contributed by atoms with E-state index in [9.17, 15) is 13.2 Å². The smallest absolute Gasteiger partial charge is 0.243 e. The molecule has 2 aromatic rings. The second-order valence-electron chi connectivity index (χ2n) is 7.40. The van der Waals surface area contributed by atoms with E-state index in [-0.39, 0.29) is 17.2 Å². The molecular weight excluding hydrogens is 462 g/mol. The minimum Gasteiger partial charge on any atom is -0.496 e. The summed E-state index contributed by atoms with van der Waals surface area (Å²) in [6, 6.07) is 9.95. The van der Waals surface area contributed by atoms with E-state index in [0.29, 0.717) is 55.5 Å². The molecule has 0 unspecified atom stereocenters. The number of amides is 1. The lowest BCUT2D eigenvalue weighted by Gasteiger charge is -2.26. The topological polar surface area (TPSA) is 116 Å². The molecule has 3 rings (SSSR count). The Morgan fingerprint density at radius 1 is 1.03 bits per heavy atom. The van der Waals surface area contributed by atoms with Gasteiger partial charge < -0.3 is 18.9 Å². The van der Waals surface area contributed by atoms with E-state index in [0.717, 1.165) is 5.56 Å². The minimum atomic E-state index is -3.54. The van der Waals surface area contributed by atoms with Gasteiger partial charge in [-0.3, -0.25) is 4.79 Å². The quantitative estimate of drug-likeness (QED) is 0.398. The molecule has 1 amide bonds. The van der Waals surface area contributed by atoms with Crippen LogP contribution in [-0.4, -0.2) is 72.5 Å². The molecular formula is C23H29N3O7S. The van der Waals surface area contributed by atoms with Crippen LogP contribution in [0.25, 0.3) is 0 Å². The number of aryl methyl sites for hydroxylation is 1. The molecule has 1 aliphatic rings. The van der Waals surface area contributed by atoms with Gasteiger partial charge in [0.15, 0.2) is 11.5 Å². The molecule has 2 aromatic carbocycles. The molecule has 11 heteroatoms. The van der Waals surface area contributed by atoms with Gasteiger partial charge in [-0.2, -0.15) is 9.41 Å². The molecule has 0 atom stereocenters. The van der Waals surface area contributed by atoms with Crippen LogP contribution in [0, 0.1) is 0 Å². The number of carbonyl (C=O) groups excluding carboxylic acids is 1. The summed E-state index contributed by atoms with van der Waals surface area (Å²) in [6.45, 7) is 1.49. The standard InChI is InChI=1S/C23H29N3O7S/c1-30-20-15-22(32-3)21(31-2)14-18(20)16-24-25-23(27)9-6-17-4-7-19(8-5-17)34(28,29)26-10-12-33-13-11-26/h4-5,7-8,14-16H,6,9-13H2,1-3H3,(H,25,27)/b24-16+. The summed E-state index contributed by atoms with van der Waals surface area (Å²) in [4.78, 5) is 12.4. The van der Waals surface area contributed by atoms with Crippen molar-refractivity contribution in [2.24, 2.45) is 5.10 Å². The first-order valence-electron chi connectivity index (χ1n) is 10.7. The third kappa shape index (κ3) is 6.25. The highest BCUT2D eigenvalue weighted by Gasteiger charge is 2.26. The predicted octanol–water partition coefficient (Wildman–Crippen LogP) is 1.82. The van der Waals surface area contributed by atoms with Crippen LogP contribution in [0.1, 0.15) is 17.5 Å². The van der Waals surface area contributed by atoms with Gasteiger partial charge in [-0.05, 0) is 30.2 Å². The van der Waals surface area contributed by atoms with E-state index in [2.05, 4.69) is 10.5 Å². The van der Waals surface area contributed by atoms with Crippen LogP contribution in [-0.2, 0) is 26.0 Å². The highest BCUT2D eigenvalue weighted by atomic mass is 32.2. The third-order valence-electron chi connectivity index (χ3n) is 5.30.